The first-order valence-corrected chi connectivity index (χ1v) is 16.8. The number of hydrogen-bond acceptors (Lipinski definition) is 5. The summed E-state index contributed by atoms with van der Waals surface area (Å²) in [6, 6.07) is 27.6. The van der Waals surface area contributed by atoms with E-state index in [1.54, 1.807) is 17.8 Å². The Bertz CT molecular complexity index is 2140. The molecule has 5 aliphatic rings. The molecule has 46 heavy (non-hydrogen) atoms. The number of carbonyl (C=O) groups excluding carboxylic acids is 2. The van der Waals surface area contributed by atoms with Gasteiger partial charge in [-0.05, 0) is 76.6 Å². The third kappa shape index (κ3) is 3.74. The van der Waals surface area contributed by atoms with E-state index in [2.05, 4.69) is 85.5 Å². The van der Waals surface area contributed by atoms with E-state index in [9.17, 15) is 19.5 Å². The Morgan fingerprint density at radius 1 is 0.891 bits per heavy atom. The van der Waals surface area contributed by atoms with E-state index in [1.807, 2.05) is 0 Å². The lowest BCUT2D eigenvalue weighted by Crippen LogP contribution is -2.26. The molecule has 4 aromatic carbocycles. The Morgan fingerprint density at radius 2 is 1.67 bits per heavy atom. The predicted molar refractivity (Wildman–Crippen MR) is 182 cm³/mol. The quantitative estimate of drug-likeness (QED) is 0.181. The van der Waals surface area contributed by atoms with Crippen LogP contribution in [0, 0.1) is 0 Å². The lowest BCUT2D eigenvalue weighted by atomic mass is 9.82. The molecule has 0 spiro atoms. The van der Waals surface area contributed by atoms with Crippen molar-refractivity contribution in [3.05, 3.63) is 136 Å². The van der Waals surface area contributed by atoms with E-state index in [4.69, 9.17) is 0 Å². The molecule has 1 N–H and O–H groups in total. The average Bonchev–Trinajstić information content (AvgIpc) is 3.75. The summed E-state index contributed by atoms with van der Waals surface area (Å²) in [4.78, 5) is 41.5. The Kier molecular flexibility index (Phi) is 5.80. The van der Waals surface area contributed by atoms with Crippen molar-refractivity contribution in [1.29, 1.82) is 0 Å². The molecule has 226 valence electrons. The van der Waals surface area contributed by atoms with Gasteiger partial charge in [0, 0.05) is 50.0 Å². The zero-order chi connectivity index (χ0) is 31.5. The molecule has 0 aromatic heterocycles. The van der Waals surface area contributed by atoms with Crippen LogP contribution in [0.15, 0.2) is 96.6 Å². The number of rotatable bonds is 4. The molecule has 9 rings (SSSR count). The number of hydrogen-bond donors (Lipinski definition) is 1. The third-order valence-electron chi connectivity index (χ3n) is 10.8. The molecule has 2 heterocycles. The molecule has 1 saturated carbocycles. The normalized spacial score (nSPS) is 23.9. The number of carboxylic acids is 1. The monoisotopic (exact) mass is 621 g/mol. The standard InChI is InChI=1S/C40H31NO4S/c1-40(2)31-11-4-3-7-24(31)28-18-22(14-15-32(28)40)41-33-12-6-8-25(33)29-17-21(13-16-34(29)41)35-20-23(46-35)19-30-37(42)26-9-5-10-27(39(44)45)36(26)38(30)43/h3-5,7,9-11,13-20,23,25,33H,6,8,12H2,1-2H3,(H,44,45)/b30-19-. The molecule has 0 amide bonds. The van der Waals surface area contributed by atoms with Crippen LogP contribution < -0.4 is 4.90 Å². The minimum absolute atomic E-state index is 0.00497. The number of anilines is 2. The number of aromatic carboxylic acids is 1. The van der Waals surface area contributed by atoms with E-state index in [0.717, 1.165) is 10.5 Å². The van der Waals surface area contributed by atoms with Crippen LogP contribution >= 0.6 is 11.8 Å². The number of thioether (sulfide) groups is 1. The number of ketones is 2. The van der Waals surface area contributed by atoms with Gasteiger partial charge in [-0.1, -0.05) is 81.0 Å². The molecule has 3 unspecified atom stereocenters. The van der Waals surface area contributed by atoms with Crippen molar-refractivity contribution < 1.29 is 19.5 Å². The predicted octanol–water partition coefficient (Wildman–Crippen LogP) is 8.94. The highest BCUT2D eigenvalue weighted by atomic mass is 32.2. The van der Waals surface area contributed by atoms with Gasteiger partial charge in [0.1, 0.15) is 0 Å². The molecule has 6 heteroatoms. The van der Waals surface area contributed by atoms with Crippen LogP contribution in [0.2, 0.25) is 0 Å². The number of carboxylic acid groups (broad SMARTS) is 1. The number of Topliss-reactive ketones (excluding diaryl/α,β-unsaturated/α-hetero) is 2. The van der Waals surface area contributed by atoms with Gasteiger partial charge in [-0.25, -0.2) is 4.79 Å². The van der Waals surface area contributed by atoms with Crippen molar-refractivity contribution >= 4 is 45.6 Å². The Balaban J connectivity index is 1.02. The highest BCUT2D eigenvalue weighted by Gasteiger charge is 2.44. The molecular weight excluding hydrogens is 591 g/mol. The molecule has 5 nitrogen and oxygen atoms in total. The fourth-order valence-electron chi connectivity index (χ4n) is 8.61. The second kappa shape index (κ2) is 9.66. The van der Waals surface area contributed by atoms with Crippen molar-refractivity contribution in [2.24, 2.45) is 0 Å². The van der Waals surface area contributed by atoms with Crippen LogP contribution in [0.4, 0.5) is 11.4 Å². The van der Waals surface area contributed by atoms with Gasteiger partial charge < -0.3 is 10.0 Å². The van der Waals surface area contributed by atoms with Gasteiger partial charge >= 0.3 is 5.97 Å². The second-order valence-corrected chi connectivity index (χ2v) is 14.8. The highest BCUT2D eigenvalue weighted by Crippen LogP contribution is 2.56. The van der Waals surface area contributed by atoms with Gasteiger partial charge in [-0.3, -0.25) is 9.59 Å². The fourth-order valence-corrected chi connectivity index (χ4v) is 9.57. The van der Waals surface area contributed by atoms with E-state index in [1.165, 1.54) is 76.7 Å². The van der Waals surface area contributed by atoms with Crippen molar-refractivity contribution in [2.75, 3.05) is 4.90 Å². The van der Waals surface area contributed by atoms with Crippen molar-refractivity contribution in [3.63, 3.8) is 0 Å². The summed E-state index contributed by atoms with van der Waals surface area (Å²) in [5.74, 6) is -1.60. The summed E-state index contributed by atoms with van der Waals surface area (Å²) < 4.78 is 0. The van der Waals surface area contributed by atoms with Gasteiger partial charge in [0.05, 0.1) is 11.1 Å². The minimum atomic E-state index is -1.20. The second-order valence-electron chi connectivity index (χ2n) is 13.5. The summed E-state index contributed by atoms with van der Waals surface area (Å²) in [6.07, 6.45) is 7.37. The third-order valence-corrected chi connectivity index (χ3v) is 12.0. The molecule has 0 radical (unpaired) electrons. The molecular formula is C40H31NO4S. The zero-order valence-corrected chi connectivity index (χ0v) is 26.4. The van der Waals surface area contributed by atoms with Crippen LogP contribution in [0.1, 0.15) is 92.4 Å². The van der Waals surface area contributed by atoms with Gasteiger partial charge in [-0.15, -0.1) is 11.8 Å². The summed E-state index contributed by atoms with van der Waals surface area (Å²) in [5.41, 5.74) is 10.7. The number of benzene rings is 4. The lowest BCUT2D eigenvalue weighted by Gasteiger charge is -2.29. The lowest BCUT2D eigenvalue weighted by molar-refractivity contribution is 0.0692. The van der Waals surface area contributed by atoms with Crippen LogP contribution in [0.25, 0.3) is 16.0 Å². The Hall–Kier alpha value is -4.68. The highest BCUT2D eigenvalue weighted by molar-refractivity contribution is 8.10. The van der Waals surface area contributed by atoms with Gasteiger partial charge in [0.2, 0.25) is 0 Å². The maximum absolute atomic E-state index is 13.1. The first-order chi connectivity index (χ1) is 22.2. The first kappa shape index (κ1) is 27.6. The molecule has 3 aliphatic carbocycles. The molecule has 2 aliphatic heterocycles. The minimum Gasteiger partial charge on any atom is -0.478 e. The van der Waals surface area contributed by atoms with Crippen LogP contribution in [0.5, 0.6) is 0 Å². The van der Waals surface area contributed by atoms with E-state index in [0.29, 0.717) is 12.0 Å². The molecule has 0 saturated heterocycles. The summed E-state index contributed by atoms with van der Waals surface area (Å²) in [5, 5.41) is 9.41. The fraction of sp³-hybridized carbons (Fsp3) is 0.225. The van der Waals surface area contributed by atoms with Gasteiger partial charge in [-0.2, -0.15) is 0 Å². The number of carbonyl (C=O) groups is 3. The smallest absolute Gasteiger partial charge is 0.336 e. The Morgan fingerprint density at radius 3 is 2.50 bits per heavy atom. The topological polar surface area (TPSA) is 74.7 Å². The summed E-state index contributed by atoms with van der Waals surface area (Å²) in [6.45, 7) is 4.64. The summed E-state index contributed by atoms with van der Waals surface area (Å²) >= 11 is 1.63. The van der Waals surface area contributed by atoms with Crippen molar-refractivity contribution in [3.8, 4) is 11.1 Å². The molecule has 0 bridgehead atoms. The number of allylic oxidation sites excluding steroid dienone is 1. The van der Waals surface area contributed by atoms with Crippen LogP contribution in [0.3, 0.4) is 0 Å². The average molecular weight is 622 g/mol. The van der Waals surface area contributed by atoms with Crippen LogP contribution in [-0.2, 0) is 5.41 Å². The van der Waals surface area contributed by atoms with E-state index < -0.39 is 17.5 Å². The van der Waals surface area contributed by atoms with Crippen LogP contribution in [-0.4, -0.2) is 33.9 Å². The maximum Gasteiger partial charge on any atom is 0.336 e. The molecule has 4 aromatic rings. The number of nitrogens with zero attached hydrogens (tertiary/aromatic N) is 1. The maximum atomic E-state index is 13.1. The Labute approximate surface area is 271 Å². The van der Waals surface area contributed by atoms with Crippen molar-refractivity contribution in [2.45, 2.75) is 55.7 Å². The van der Waals surface area contributed by atoms with Crippen molar-refractivity contribution in [1.82, 2.24) is 0 Å². The SMILES string of the molecule is CC1(C)c2ccccc2-c2cc(N3c4ccc(C5=CC(/C=C6/C(=O)c7cccc(C(=O)O)c7C6=O)S5)cc4C4CCCC43)ccc21. The zero-order valence-electron chi connectivity index (χ0n) is 25.5. The van der Waals surface area contributed by atoms with E-state index >= 15 is 0 Å². The molecule has 3 atom stereocenters. The van der Waals surface area contributed by atoms with Gasteiger partial charge in [0.15, 0.2) is 11.6 Å². The first-order valence-electron chi connectivity index (χ1n) is 16.0. The van der Waals surface area contributed by atoms with Gasteiger partial charge in [0.25, 0.3) is 0 Å². The number of fused-ring (bicyclic) bond motifs is 7. The summed E-state index contributed by atoms with van der Waals surface area (Å²) in [7, 11) is 0. The largest absolute Gasteiger partial charge is 0.478 e. The van der Waals surface area contributed by atoms with E-state index in [-0.39, 0.29) is 32.9 Å². The molecule has 1 fully saturated rings.